The number of benzene rings is 2. The van der Waals surface area contributed by atoms with Crippen LogP contribution in [0.4, 0.5) is 5.69 Å². The summed E-state index contributed by atoms with van der Waals surface area (Å²) in [5.41, 5.74) is 2.02. The molecule has 0 amide bonds. The van der Waals surface area contributed by atoms with Gasteiger partial charge in [0.05, 0.1) is 39.2 Å². The molecule has 0 bridgehead atoms. The number of hydrogen-bond donors (Lipinski definition) is 0. The summed E-state index contributed by atoms with van der Waals surface area (Å²) in [7, 11) is 4.48. The lowest BCUT2D eigenvalue weighted by molar-refractivity contribution is -0.154. The van der Waals surface area contributed by atoms with E-state index in [4.69, 9.17) is 14.2 Å². The maximum absolute atomic E-state index is 13.3. The number of fused-ring (bicyclic) bond motifs is 1. The largest absolute Gasteiger partial charge is 0.497 e. The average Bonchev–Trinajstić information content (AvgIpc) is 3.21. The molecule has 0 unspecified atom stereocenters. The van der Waals surface area contributed by atoms with Crippen LogP contribution in [-0.2, 0) is 19.1 Å². The summed E-state index contributed by atoms with van der Waals surface area (Å²) in [6, 6.07) is 17.7. The number of alkyl halides is 1. The minimum atomic E-state index is -0.500. The topological polar surface area (TPSA) is 65.1 Å². The number of esters is 2. The average molecular weight is 549 g/mol. The van der Waals surface area contributed by atoms with Crippen LogP contribution in [0.5, 0.6) is 5.75 Å². The van der Waals surface area contributed by atoms with E-state index in [1.54, 1.807) is 7.11 Å². The standard InChI is InChI=1S/C25H28INO5/c1-30-17-11-9-15(10-12-17)22-21(25(29)32-3)20-18(24(28)31-2)13-14-19(26)23(20)27(22)16-7-5-4-6-8-16/h4-12,18-23H,13-14H2,1-3H3/t18-,19+,20-,21-,22-,23-/m0/s1. The Morgan fingerprint density at radius 2 is 1.56 bits per heavy atom. The molecule has 4 rings (SSSR count). The lowest BCUT2D eigenvalue weighted by Gasteiger charge is -2.41. The van der Waals surface area contributed by atoms with Crippen molar-refractivity contribution in [2.75, 3.05) is 26.2 Å². The predicted octanol–water partition coefficient (Wildman–Crippen LogP) is 4.42. The third kappa shape index (κ3) is 3.95. The zero-order chi connectivity index (χ0) is 22.8. The van der Waals surface area contributed by atoms with Gasteiger partial charge < -0.3 is 19.1 Å². The second-order valence-electron chi connectivity index (χ2n) is 8.30. The van der Waals surface area contributed by atoms with Gasteiger partial charge in [-0.3, -0.25) is 9.59 Å². The molecule has 1 saturated heterocycles. The van der Waals surface area contributed by atoms with Gasteiger partial charge in [0.25, 0.3) is 0 Å². The Bertz CT molecular complexity index is 951. The van der Waals surface area contributed by atoms with E-state index in [0.29, 0.717) is 6.42 Å². The van der Waals surface area contributed by atoms with E-state index in [0.717, 1.165) is 23.4 Å². The Labute approximate surface area is 202 Å². The third-order valence-corrected chi connectivity index (χ3v) is 8.21. The molecule has 1 heterocycles. The van der Waals surface area contributed by atoms with Gasteiger partial charge in [-0.1, -0.05) is 52.9 Å². The summed E-state index contributed by atoms with van der Waals surface area (Å²) in [5.74, 6) is -0.851. The lowest BCUT2D eigenvalue weighted by Crippen LogP contribution is -2.48. The first-order chi connectivity index (χ1) is 15.5. The predicted molar refractivity (Wildman–Crippen MR) is 130 cm³/mol. The van der Waals surface area contributed by atoms with Gasteiger partial charge in [-0.25, -0.2) is 0 Å². The Morgan fingerprint density at radius 1 is 0.906 bits per heavy atom. The molecule has 1 aliphatic heterocycles. The van der Waals surface area contributed by atoms with Crippen molar-refractivity contribution >= 4 is 40.2 Å². The Hall–Kier alpha value is -2.29. The molecule has 1 saturated carbocycles. The number of anilines is 1. The lowest BCUT2D eigenvalue weighted by atomic mass is 9.70. The fourth-order valence-electron chi connectivity index (χ4n) is 5.52. The zero-order valence-electron chi connectivity index (χ0n) is 18.4. The van der Waals surface area contributed by atoms with Gasteiger partial charge in [0.15, 0.2) is 0 Å². The molecular weight excluding hydrogens is 521 g/mol. The van der Waals surface area contributed by atoms with E-state index in [9.17, 15) is 9.59 Å². The highest BCUT2D eigenvalue weighted by Crippen LogP contribution is 2.56. The summed E-state index contributed by atoms with van der Waals surface area (Å²) in [4.78, 5) is 28.5. The first-order valence-electron chi connectivity index (χ1n) is 10.8. The third-order valence-electron chi connectivity index (χ3n) is 6.85. The summed E-state index contributed by atoms with van der Waals surface area (Å²) < 4.78 is 16.1. The van der Waals surface area contributed by atoms with Crippen molar-refractivity contribution < 1.29 is 23.8 Å². The fraction of sp³-hybridized carbons (Fsp3) is 0.440. The van der Waals surface area contributed by atoms with Crippen LogP contribution in [0, 0.1) is 17.8 Å². The van der Waals surface area contributed by atoms with Crippen LogP contribution >= 0.6 is 22.6 Å². The van der Waals surface area contributed by atoms with Crippen molar-refractivity contribution in [1.29, 1.82) is 0 Å². The maximum atomic E-state index is 13.3. The molecule has 0 aromatic heterocycles. The van der Waals surface area contributed by atoms with Crippen molar-refractivity contribution in [1.82, 2.24) is 0 Å². The van der Waals surface area contributed by atoms with E-state index in [-0.39, 0.29) is 39.8 Å². The first-order valence-corrected chi connectivity index (χ1v) is 12.0. The van der Waals surface area contributed by atoms with Gasteiger partial charge in [-0.05, 0) is 42.7 Å². The molecule has 170 valence electrons. The molecule has 6 nitrogen and oxygen atoms in total. The molecule has 32 heavy (non-hydrogen) atoms. The van der Waals surface area contributed by atoms with Gasteiger partial charge in [-0.15, -0.1) is 0 Å². The summed E-state index contributed by atoms with van der Waals surface area (Å²) >= 11 is 2.48. The molecule has 2 fully saturated rings. The van der Waals surface area contributed by atoms with Gasteiger partial charge in [0.1, 0.15) is 5.75 Å². The second-order valence-corrected chi connectivity index (χ2v) is 9.90. The highest BCUT2D eigenvalue weighted by Gasteiger charge is 2.60. The van der Waals surface area contributed by atoms with Crippen molar-refractivity contribution in [3.8, 4) is 5.75 Å². The number of nitrogens with zero attached hydrogens (tertiary/aromatic N) is 1. The van der Waals surface area contributed by atoms with Crippen molar-refractivity contribution in [3.63, 3.8) is 0 Å². The van der Waals surface area contributed by atoms with Gasteiger partial charge in [-0.2, -0.15) is 0 Å². The molecular formula is C25H28INO5. The number of methoxy groups -OCH3 is 3. The Balaban J connectivity index is 1.91. The minimum Gasteiger partial charge on any atom is -0.497 e. The number of halogens is 1. The SMILES string of the molecule is COC(=O)[C@H]1[C@H]2[C@H]([C@H](I)CC[C@@H]2C(=O)OC)N(c2ccccc2)[C@H]1c1ccc(OC)cc1. The summed E-state index contributed by atoms with van der Waals surface area (Å²) in [6.07, 6.45) is 1.58. The first kappa shape index (κ1) is 22.9. The Morgan fingerprint density at radius 3 is 2.16 bits per heavy atom. The molecule has 2 aromatic carbocycles. The second kappa shape index (κ2) is 9.68. The normalized spacial score (nSPS) is 29.2. The van der Waals surface area contributed by atoms with Crippen LogP contribution in [0.1, 0.15) is 24.4 Å². The Kier molecular flexibility index (Phi) is 6.93. The van der Waals surface area contributed by atoms with Gasteiger partial charge >= 0.3 is 11.9 Å². The van der Waals surface area contributed by atoms with Gasteiger partial charge in [0.2, 0.25) is 0 Å². The van der Waals surface area contributed by atoms with Crippen LogP contribution < -0.4 is 9.64 Å². The van der Waals surface area contributed by atoms with E-state index in [1.165, 1.54) is 14.2 Å². The summed E-state index contributed by atoms with van der Waals surface area (Å²) in [6.45, 7) is 0. The number of rotatable bonds is 5. The summed E-state index contributed by atoms with van der Waals surface area (Å²) in [5, 5.41) is 0. The molecule has 2 aromatic rings. The quantitative estimate of drug-likeness (QED) is 0.313. The molecule has 2 aliphatic rings. The van der Waals surface area contributed by atoms with Crippen LogP contribution in [0.3, 0.4) is 0 Å². The number of ether oxygens (including phenoxy) is 3. The van der Waals surface area contributed by atoms with Gasteiger partial charge in [0, 0.05) is 21.6 Å². The monoisotopic (exact) mass is 549 g/mol. The fourth-order valence-corrected chi connectivity index (χ4v) is 6.71. The van der Waals surface area contributed by atoms with E-state index in [1.807, 2.05) is 42.5 Å². The maximum Gasteiger partial charge on any atom is 0.311 e. The molecule has 7 heteroatoms. The van der Waals surface area contributed by atoms with Crippen molar-refractivity contribution in [2.45, 2.75) is 28.8 Å². The smallest absolute Gasteiger partial charge is 0.311 e. The molecule has 0 radical (unpaired) electrons. The zero-order valence-corrected chi connectivity index (χ0v) is 20.6. The molecule has 0 spiro atoms. The van der Waals surface area contributed by atoms with Crippen LogP contribution in [-0.4, -0.2) is 43.2 Å². The number of carbonyl (C=O) groups excluding carboxylic acids is 2. The van der Waals surface area contributed by atoms with Crippen molar-refractivity contribution in [3.05, 3.63) is 60.2 Å². The van der Waals surface area contributed by atoms with E-state index < -0.39 is 5.92 Å². The number of carbonyl (C=O) groups is 2. The molecule has 0 N–H and O–H groups in total. The number of hydrogen-bond acceptors (Lipinski definition) is 6. The molecule has 6 atom stereocenters. The highest BCUT2D eigenvalue weighted by molar-refractivity contribution is 14.1. The number of para-hydroxylation sites is 1. The minimum absolute atomic E-state index is 0.00736. The van der Waals surface area contributed by atoms with Crippen LogP contribution in [0.25, 0.3) is 0 Å². The van der Waals surface area contributed by atoms with E-state index >= 15 is 0 Å². The van der Waals surface area contributed by atoms with Crippen molar-refractivity contribution in [2.24, 2.45) is 17.8 Å². The highest BCUT2D eigenvalue weighted by atomic mass is 127. The van der Waals surface area contributed by atoms with Crippen LogP contribution in [0.15, 0.2) is 54.6 Å². The van der Waals surface area contributed by atoms with Crippen LogP contribution in [0.2, 0.25) is 0 Å². The van der Waals surface area contributed by atoms with E-state index in [2.05, 4.69) is 39.6 Å². The molecule has 1 aliphatic carbocycles.